The predicted molar refractivity (Wildman–Crippen MR) is 38.0 cm³/mol. The summed E-state index contributed by atoms with van der Waals surface area (Å²) in [6, 6.07) is 0. The molecule has 3 N–H and O–H groups in total. The second-order valence-corrected chi connectivity index (χ2v) is 1.77. The van der Waals surface area contributed by atoms with Crippen LogP contribution >= 0.6 is 0 Å². The monoisotopic (exact) mass is 127 g/mol. The fraction of sp³-hybridized carbons (Fsp3) is 0.833. The number of nitrogens with zero attached hydrogens (tertiary/aromatic N) is 1. The van der Waals surface area contributed by atoms with Gasteiger partial charge in [0.25, 0.3) is 0 Å². The van der Waals surface area contributed by atoms with Crippen molar-refractivity contribution >= 4 is 0 Å². The van der Waals surface area contributed by atoms with Gasteiger partial charge < -0.3 is 15.9 Å². The Balaban J connectivity index is 2.69. The summed E-state index contributed by atoms with van der Waals surface area (Å²) in [7, 11) is 0. The number of hydrogen-bond donors (Lipinski definition) is 2. The van der Waals surface area contributed by atoms with E-state index < -0.39 is 0 Å². The third-order valence-corrected chi connectivity index (χ3v) is 0.958. The van der Waals surface area contributed by atoms with Gasteiger partial charge in [0.2, 0.25) is 6.54 Å². The maximum atomic E-state index is 6.44. The maximum absolute atomic E-state index is 6.44. The van der Waals surface area contributed by atoms with Crippen LogP contribution in [-0.4, -0.2) is 26.2 Å². The second-order valence-electron chi connectivity index (χ2n) is 1.77. The molecule has 0 saturated heterocycles. The lowest BCUT2D eigenvalue weighted by Gasteiger charge is -1.95. The summed E-state index contributed by atoms with van der Waals surface area (Å²) in [5.41, 5.74) is 5.24. The molecule has 0 aliphatic heterocycles. The SMILES string of the molecule is [C-]#[N+]CCNCCCN. The lowest BCUT2D eigenvalue weighted by molar-refractivity contribution is 0.673. The van der Waals surface area contributed by atoms with E-state index in [-0.39, 0.29) is 0 Å². The first-order valence-electron chi connectivity index (χ1n) is 3.16. The van der Waals surface area contributed by atoms with Gasteiger partial charge in [0, 0.05) is 0 Å². The quantitative estimate of drug-likeness (QED) is 0.398. The highest BCUT2D eigenvalue weighted by atomic mass is 14.9. The zero-order valence-corrected chi connectivity index (χ0v) is 5.56. The maximum Gasteiger partial charge on any atom is 0.226 e. The summed E-state index contributed by atoms with van der Waals surface area (Å²) in [6.45, 7) is 9.48. The van der Waals surface area contributed by atoms with Crippen molar-refractivity contribution in [2.75, 3.05) is 26.2 Å². The predicted octanol–water partition coefficient (Wildman–Crippen LogP) is -0.156. The number of hydrogen-bond acceptors (Lipinski definition) is 2. The number of nitrogens with two attached hydrogens (primary N) is 1. The van der Waals surface area contributed by atoms with Gasteiger partial charge >= 0.3 is 0 Å². The molecule has 0 aromatic rings. The van der Waals surface area contributed by atoms with Crippen LogP contribution in [0.25, 0.3) is 4.85 Å². The highest BCUT2D eigenvalue weighted by Crippen LogP contribution is 1.69. The Morgan fingerprint density at radius 1 is 1.44 bits per heavy atom. The van der Waals surface area contributed by atoms with E-state index in [2.05, 4.69) is 10.2 Å². The first kappa shape index (κ1) is 8.41. The van der Waals surface area contributed by atoms with Gasteiger partial charge in [0.15, 0.2) is 0 Å². The second kappa shape index (κ2) is 7.41. The van der Waals surface area contributed by atoms with Gasteiger partial charge in [-0.05, 0) is 19.5 Å². The average Bonchev–Trinajstić information content (AvgIpc) is 1.89. The third-order valence-electron chi connectivity index (χ3n) is 0.958. The molecular formula is C6H13N3. The van der Waals surface area contributed by atoms with Crippen molar-refractivity contribution in [3.63, 3.8) is 0 Å². The molecule has 0 aliphatic rings. The first-order valence-corrected chi connectivity index (χ1v) is 3.16. The van der Waals surface area contributed by atoms with E-state index in [4.69, 9.17) is 12.3 Å². The molecule has 0 spiro atoms. The molecule has 0 rings (SSSR count). The minimum absolute atomic E-state index is 0.574. The smallest absolute Gasteiger partial charge is 0.226 e. The molecule has 0 atom stereocenters. The van der Waals surface area contributed by atoms with Crippen LogP contribution in [-0.2, 0) is 0 Å². The van der Waals surface area contributed by atoms with Gasteiger partial charge in [-0.2, -0.15) is 0 Å². The van der Waals surface area contributed by atoms with Crippen LogP contribution in [0.1, 0.15) is 6.42 Å². The van der Waals surface area contributed by atoms with E-state index in [0.717, 1.165) is 26.1 Å². The van der Waals surface area contributed by atoms with Crippen molar-refractivity contribution < 1.29 is 0 Å². The van der Waals surface area contributed by atoms with Crippen LogP contribution in [0.5, 0.6) is 0 Å². The van der Waals surface area contributed by atoms with E-state index in [0.29, 0.717) is 6.54 Å². The molecule has 0 unspecified atom stereocenters. The van der Waals surface area contributed by atoms with Crippen molar-refractivity contribution in [1.29, 1.82) is 0 Å². The molecule has 0 fully saturated rings. The van der Waals surface area contributed by atoms with Crippen LogP contribution in [0.4, 0.5) is 0 Å². The Kier molecular flexibility index (Phi) is 6.92. The van der Waals surface area contributed by atoms with E-state index in [1.54, 1.807) is 0 Å². The molecule has 0 aromatic heterocycles. The fourth-order valence-electron chi connectivity index (χ4n) is 0.487. The molecule has 0 saturated carbocycles. The molecular weight excluding hydrogens is 114 g/mol. The van der Waals surface area contributed by atoms with Crippen molar-refractivity contribution in [2.24, 2.45) is 5.73 Å². The van der Waals surface area contributed by atoms with E-state index in [1.807, 2.05) is 0 Å². The normalized spacial score (nSPS) is 8.89. The number of nitrogens with one attached hydrogen (secondary N) is 1. The van der Waals surface area contributed by atoms with Crippen LogP contribution in [0.2, 0.25) is 0 Å². The van der Waals surface area contributed by atoms with Gasteiger partial charge in [0.1, 0.15) is 0 Å². The van der Waals surface area contributed by atoms with Gasteiger partial charge in [0.05, 0.1) is 6.54 Å². The van der Waals surface area contributed by atoms with Gasteiger partial charge in [-0.25, -0.2) is 6.57 Å². The molecule has 0 aliphatic carbocycles. The van der Waals surface area contributed by atoms with E-state index >= 15 is 0 Å². The summed E-state index contributed by atoms with van der Waals surface area (Å²) in [5.74, 6) is 0. The molecule has 3 nitrogen and oxygen atoms in total. The Hall–Kier alpha value is -0.590. The molecule has 0 amide bonds. The molecule has 0 radical (unpaired) electrons. The molecule has 52 valence electrons. The molecule has 0 aromatic carbocycles. The Morgan fingerprint density at radius 2 is 2.22 bits per heavy atom. The molecule has 9 heavy (non-hydrogen) atoms. The lowest BCUT2D eigenvalue weighted by atomic mass is 10.4. The summed E-state index contributed by atoms with van der Waals surface area (Å²) in [4.78, 5) is 3.19. The van der Waals surface area contributed by atoms with Crippen LogP contribution in [0.3, 0.4) is 0 Å². The minimum atomic E-state index is 0.574. The summed E-state index contributed by atoms with van der Waals surface area (Å²) in [6.07, 6.45) is 0.998. The Morgan fingerprint density at radius 3 is 2.78 bits per heavy atom. The third kappa shape index (κ3) is 7.41. The van der Waals surface area contributed by atoms with Crippen molar-refractivity contribution in [3.8, 4) is 0 Å². The van der Waals surface area contributed by atoms with Crippen molar-refractivity contribution in [1.82, 2.24) is 5.32 Å². The summed E-state index contributed by atoms with van der Waals surface area (Å²) >= 11 is 0. The average molecular weight is 127 g/mol. The summed E-state index contributed by atoms with van der Waals surface area (Å²) < 4.78 is 0. The van der Waals surface area contributed by atoms with Gasteiger partial charge in [-0.3, -0.25) is 0 Å². The van der Waals surface area contributed by atoms with Crippen LogP contribution < -0.4 is 11.1 Å². The summed E-state index contributed by atoms with van der Waals surface area (Å²) in [5, 5.41) is 3.09. The van der Waals surface area contributed by atoms with Crippen LogP contribution in [0.15, 0.2) is 0 Å². The zero-order chi connectivity index (χ0) is 6.95. The first-order chi connectivity index (χ1) is 4.41. The number of rotatable bonds is 5. The zero-order valence-electron chi connectivity index (χ0n) is 5.56. The van der Waals surface area contributed by atoms with Gasteiger partial charge in [-0.1, -0.05) is 0 Å². The highest BCUT2D eigenvalue weighted by Gasteiger charge is 1.85. The van der Waals surface area contributed by atoms with Gasteiger partial charge in [-0.15, -0.1) is 0 Å². The molecule has 0 heterocycles. The Labute approximate surface area is 56.1 Å². The minimum Gasteiger partial charge on any atom is -0.330 e. The fourth-order valence-corrected chi connectivity index (χ4v) is 0.487. The topological polar surface area (TPSA) is 42.4 Å². The van der Waals surface area contributed by atoms with E-state index in [9.17, 15) is 0 Å². The van der Waals surface area contributed by atoms with E-state index in [1.165, 1.54) is 0 Å². The van der Waals surface area contributed by atoms with Crippen molar-refractivity contribution in [3.05, 3.63) is 11.4 Å². The molecule has 3 heteroatoms. The lowest BCUT2D eigenvalue weighted by Crippen LogP contribution is -2.20. The largest absolute Gasteiger partial charge is 0.330 e. The van der Waals surface area contributed by atoms with Crippen molar-refractivity contribution in [2.45, 2.75) is 6.42 Å². The standard InChI is InChI=1S/C6H13N3/c1-8-5-6-9-4-2-3-7/h9H,2-7H2. The molecule has 0 bridgehead atoms. The Bertz CT molecular complexity index is 84.8. The highest BCUT2D eigenvalue weighted by molar-refractivity contribution is 4.60. The van der Waals surface area contributed by atoms with Crippen LogP contribution in [0, 0.1) is 6.57 Å².